The maximum Gasteiger partial charge on any atom is 1.00 e. The molecule has 3 aliphatic carbocycles. The van der Waals surface area contributed by atoms with Crippen LogP contribution in [0.25, 0.3) is 27.2 Å². The number of benzene rings is 3. The van der Waals surface area contributed by atoms with Gasteiger partial charge in [0.1, 0.15) is 47.1 Å². The fraction of sp³-hybridized carbons (Fsp3) is 0.0714. The van der Waals surface area contributed by atoms with Crippen molar-refractivity contribution in [3.63, 3.8) is 0 Å². The Bertz CT molecular complexity index is 2950. The van der Waals surface area contributed by atoms with Gasteiger partial charge in [0.05, 0.1) is 37.3 Å². The number of hydrogen-bond donors (Lipinski definition) is 4. The second-order valence-electron chi connectivity index (χ2n) is 10.5. The maximum atomic E-state index is 13.8. The van der Waals surface area contributed by atoms with Crippen LogP contribution in [-0.2, 0) is 35.2 Å². The van der Waals surface area contributed by atoms with Gasteiger partial charge in [-0.1, -0.05) is 48.5 Å². The molecule has 0 fully saturated rings. The van der Waals surface area contributed by atoms with E-state index in [2.05, 4.69) is 4.99 Å². The van der Waals surface area contributed by atoms with E-state index in [0.29, 0.717) is 6.07 Å². The van der Waals surface area contributed by atoms with Gasteiger partial charge in [0.25, 0.3) is 0 Å². The average molecular weight is 768 g/mol. The van der Waals surface area contributed by atoms with Crippen LogP contribution >= 0.6 is 0 Å². The quantitative estimate of drug-likeness (QED) is 0.0750. The maximum absolute atomic E-state index is 13.8. The largest absolute Gasteiger partial charge is 1.00 e. The SMILES string of the molecule is N=c1cc(S(=O)(=O)[O-])c(=NC2=CC(S(=O)(=O)[O-])C(N)(S(=O)(=O)[O-])c3c2c(O)c2ccccc2c3O)c2c(=O)c3ccccc3c(=O)c1=2.[Na+].[Na+].[Na+]. The second-order valence-corrected chi connectivity index (χ2v) is 14.9. The summed E-state index contributed by atoms with van der Waals surface area (Å²) in [7, 11) is -17.9. The summed E-state index contributed by atoms with van der Waals surface area (Å²) in [5.74, 6) is -2.20. The standard InChI is InChI=1S/C28H19N3O13S3.3Na/c29-15-9-17(45(36,37)38)23(21-19(15)24(32)11-5-1-2-6-12(11)26(21)34)31-16-10-18(46(39,40)41)28(30,47(42,43)44)22-20(16)25(33)13-7-3-4-8-14(13)27(22)35;;;/h1-10,18,29,33,35H,30H2,(H,36,37,38)(H,39,40,41)(H,42,43,44);;;/q;3*+1/p-3. The molecule has 0 amide bonds. The van der Waals surface area contributed by atoms with Gasteiger partial charge in [-0.25, -0.2) is 30.2 Å². The number of nitrogens with zero attached hydrogens (tertiary/aromatic N) is 1. The number of aromatic hydroxyl groups is 2. The number of fused-ring (bicyclic) bond motifs is 3. The van der Waals surface area contributed by atoms with E-state index in [1.807, 2.05) is 0 Å². The van der Waals surface area contributed by atoms with Gasteiger partial charge in [0.2, 0.25) is 0 Å². The van der Waals surface area contributed by atoms with E-state index in [-0.39, 0.29) is 116 Å². The molecule has 0 aliphatic heterocycles. The zero-order valence-electron chi connectivity index (χ0n) is 26.0. The van der Waals surface area contributed by atoms with Crippen molar-refractivity contribution in [3.8, 4) is 11.5 Å². The summed E-state index contributed by atoms with van der Waals surface area (Å²) < 4.78 is 113. The Kier molecular flexibility index (Phi) is 12.0. The first-order chi connectivity index (χ1) is 21.7. The molecule has 2 unspecified atom stereocenters. The van der Waals surface area contributed by atoms with Crippen LogP contribution in [0.1, 0.15) is 11.1 Å². The third kappa shape index (κ3) is 6.40. The van der Waals surface area contributed by atoms with Gasteiger partial charge in [-0.15, -0.1) is 0 Å². The van der Waals surface area contributed by atoms with Crippen LogP contribution < -0.4 is 116 Å². The number of phenols is 2. The van der Waals surface area contributed by atoms with Gasteiger partial charge >= 0.3 is 88.7 Å². The van der Waals surface area contributed by atoms with Crippen LogP contribution in [-0.4, -0.2) is 54.4 Å². The van der Waals surface area contributed by atoms with Crippen molar-refractivity contribution in [3.05, 3.63) is 113 Å². The Morgan fingerprint density at radius 3 is 1.68 bits per heavy atom. The van der Waals surface area contributed by atoms with Crippen LogP contribution in [0.3, 0.4) is 0 Å². The van der Waals surface area contributed by atoms with Gasteiger partial charge < -0.3 is 35.0 Å². The van der Waals surface area contributed by atoms with Gasteiger partial charge in [-0.3, -0.25) is 9.59 Å². The number of phenolic OH excluding ortho intramolecular Hbond substituents is 2. The van der Waals surface area contributed by atoms with Crippen molar-refractivity contribution < 1.29 is 138 Å². The minimum atomic E-state index is -6.15. The molecule has 3 aromatic carbocycles. The summed E-state index contributed by atoms with van der Waals surface area (Å²) in [6.45, 7) is 0. The molecule has 16 nitrogen and oxygen atoms in total. The Hall–Kier alpha value is -1.89. The Morgan fingerprint density at radius 2 is 1.22 bits per heavy atom. The van der Waals surface area contributed by atoms with Crippen LogP contribution in [0.2, 0.25) is 0 Å². The smallest absolute Gasteiger partial charge is 0.747 e. The molecule has 6 rings (SSSR count). The molecule has 0 saturated heterocycles. The summed E-state index contributed by atoms with van der Waals surface area (Å²) in [5.41, 5.74) is 0.481. The molecule has 3 aromatic rings. The molecule has 0 spiro atoms. The van der Waals surface area contributed by atoms with E-state index in [9.17, 15) is 58.7 Å². The van der Waals surface area contributed by atoms with E-state index in [1.165, 1.54) is 42.5 Å². The van der Waals surface area contributed by atoms with Crippen molar-refractivity contribution in [2.45, 2.75) is 15.0 Å². The molecule has 22 heteroatoms. The molecule has 0 bridgehead atoms. The molecule has 0 aromatic heterocycles. The molecule has 50 heavy (non-hydrogen) atoms. The van der Waals surface area contributed by atoms with Crippen LogP contribution in [0.4, 0.5) is 0 Å². The topological polar surface area (TPSA) is 308 Å². The predicted molar refractivity (Wildman–Crippen MR) is 158 cm³/mol. The van der Waals surface area contributed by atoms with Crippen molar-refractivity contribution in [1.82, 2.24) is 0 Å². The Morgan fingerprint density at radius 1 is 0.760 bits per heavy atom. The first-order valence-electron chi connectivity index (χ1n) is 12.9. The molecule has 0 saturated carbocycles. The zero-order valence-corrected chi connectivity index (χ0v) is 34.4. The fourth-order valence-corrected chi connectivity index (χ4v) is 8.86. The van der Waals surface area contributed by atoms with Gasteiger partial charge in [0.15, 0.2) is 15.7 Å². The molecular weight excluding hydrogens is 751 g/mol. The minimum absolute atomic E-state index is 0. The van der Waals surface area contributed by atoms with Crippen molar-refractivity contribution in [2.24, 2.45) is 10.7 Å². The minimum Gasteiger partial charge on any atom is -0.747 e. The molecule has 242 valence electrons. The van der Waals surface area contributed by atoms with Crippen LogP contribution in [0.5, 0.6) is 11.5 Å². The van der Waals surface area contributed by atoms with Crippen molar-refractivity contribution in [2.75, 3.05) is 0 Å². The molecule has 3 aliphatic rings. The fourth-order valence-electron chi connectivity index (χ4n) is 5.86. The van der Waals surface area contributed by atoms with Gasteiger partial charge in [-0.05, 0) is 12.1 Å². The molecule has 0 heterocycles. The molecule has 0 radical (unpaired) electrons. The normalized spacial score (nSPS) is 18.1. The summed E-state index contributed by atoms with van der Waals surface area (Å²) in [5, 5.41) is 23.0. The van der Waals surface area contributed by atoms with E-state index in [1.54, 1.807) is 0 Å². The van der Waals surface area contributed by atoms with E-state index in [4.69, 9.17) is 11.1 Å². The van der Waals surface area contributed by atoms with E-state index < -0.39 is 106 Å². The first kappa shape index (κ1) is 42.5. The third-order valence-corrected chi connectivity index (χ3v) is 11.3. The summed E-state index contributed by atoms with van der Waals surface area (Å²) in [6.07, 6.45) is 0.180. The zero-order chi connectivity index (χ0) is 34.6. The monoisotopic (exact) mass is 767 g/mol. The Labute approximate surface area is 347 Å². The molecule has 5 N–H and O–H groups in total. The summed E-state index contributed by atoms with van der Waals surface area (Å²) in [4.78, 5) is 25.9. The number of nitrogens with one attached hydrogen (secondary N) is 1. The van der Waals surface area contributed by atoms with E-state index >= 15 is 0 Å². The van der Waals surface area contributed by atoms with Gasteiger partial charge in [-0.2, -0.15) is 0 Å². The summed E-state index contributed by atoms with van der Waals surface area (Å²) in [6, 6.07) is 10.5. The molecule has 2 atom stereocenters. The summed E-state index contributed by atoms with van der Waals surface area (Å²) >= 11 is 0. The Balaban J connectivity index is 0.00000225. The van der Waals surface area contributed by atoms with Crippen molar-refractivity contribution >= 4 is 57.6 Å². The van der Waals surface area contributed by atoms with Gasteiger partial charge in [0, 0.05) is 27.1 Å². The van der Waals surface area contributed by atoms with Crippen molar-refractivity contribution in [1.29, 1.82) is 5.41 Å². The first-order valence-corrected chi connectivity index (χ1v) is 17.2. The van der Waals surface area contributed by atoms with Crippen LogP contribution in [0.15, 0.2) is 80.2 Å². The third-order valence-electron chi connectivity index (χ3n) is 7.90. The number of nitrogens with two attached hydrogens (primary N) is 1. The average Bonchev–Trinajstić information content (AvgIpc) is 2.98. The predicted octanol–water partition coefficient (Wildman–Crippen LogP) is -10.4. The number of hydrogen-bond acceptors (Lipinski definition) is 16. The second kappa shape index (κ2) is 14.2. The van der Waals surface area contributed by atoms with Crippen LogP contribution in [0, 0.1) is 15.8 Å². The number of rotatable bonds is 4. The van der Waals surface area contributed by atoms with E-state index in [0.717, 1.165) is 6.07 Å². The molecular formula is C28H16N3Na3O13S3.